The van der Waals surface area contributed by atoms with Gasteiger partial charge in [-0.05, 0) is 19.3 Å². The van der Waals surface area contributed by atoms with E-state index in [1.807, 2.05) is 0 Å². The summed E-state index contributed by atoms with van der Waals surface area (Å²) in [6.45, 7) is 7.44. The van der Waals surface area contributed by atoms with Crippen LogP contribution in [0, 0.1) is 5.41 Å². The molecular weight excluding hydrogens is 244 g/mol. The molecular formula is C14H18N2O3. The fourth-order valence-corrected chi connectivity index (χ4v) is 4.36. The normalized spacial score (nSPS) is 48.5. The van der Waals surface area contributed by atoms with Crippen molar-refractivity contribution in [2.75, 3.05) is 6.61 Å². The third-order valence-electron chi connectivity index (χ3n) is 5.44. The number of hydrogen-bond acceptors (Lipinski definition) is 3. The van der Waals surface area contributed by atoms with Crippen LogP contribution in [-0.2, 0) is 14.3 Å². The van der Waals surface area contributed by atoms with E-state index in [2.05, 4.69) is 6.58 Å². The van der Waals surface area contributed by atoms with Gasteiger partial charge < -0.3 is 10.3 Å². The molecule has 0 aromatic carbocycles. The molecule has 0 spiro atoms. The van der Waals surface area contributed by atoms with Crippen LogP contribution in [0.2, 0.25) is 0 Å². The van der Waals surface area contributed by atoms with Gasteiger partial charge in [0.2, 0.25) is 22.6 Å². The Bertz CT molecular complexity index is 529. The van der Waals surface area contributed by atoms with Crippen LogP contribution >= 0.6 is 0 Å². The molecule has 3 rings (SSSR count). The van der Waals surface area contributed by atoms with Crippen LogP contribution in [0.25, 0.3) is 5.53 Å². The second kappa shape index (κ2) is 3.39. The van der Waals surface area contributed by atoms with Crippen LogP contribution in [0.1, 0.15) is 33.1 Å². The minimum atomic E-state index is -1.25. The standard InChI is InChI=1S/C14H18N2O3/c1-4-6-14-7-5-8-19-10-9(17)13(14,3)16(15)12(10,2)11(14)18/h4,10H,1,5-8H2,2-3H3. The summed E-state index contributed by atoms with van der Waals surface area (Å²) < 4.78 is 6.53. The van der Waals surface area contributed by atoms with Crippen LogP contribution in [-0.4, -0.2) is 40.1 Å². The predicted molar refractivity (Wildman–Crippen MR) is 66.7 cm³/mol. The summed E-state index contributed by atoms with van der Waals surface area (Å²) in [6, 6.07) is 0. The van der Waals surface area contributed by atoms with E-state index >= 15 is 0 Å². The molecule has 19 heavy (non-hydrogen) atoms. The van der Waals surface area contributed by atoms with Crippen LogP contribution in [0.3, 0.4) is 0 Å². The van der Waals surface area contributed by atoms with Gasteiger partial charge in [-0.15, -0.1) is 6.58 Å². The van der Waals surface area contributed by atoms with Gasteiger partial charge in [0.1, 0.15) is 5.41 Å². The minimum absolute atomic E-state index is 0.0887. The smallest absolute Gasteiger partial charge is 0.242 e. The molecule has 0 aromatic rings. The van der Waals surface area contributed by atoms with E-state index in [1.165, 1.54) is 0 Å². The maximum Gasteiger partial charge on any atom is 0.242 e. The van der Waals surface area contributed by atoms with Crippen molar-refractivity contribution in [3.63, 3.8) is 0 Å². The van der Waals surface area contributed by atoms with Crippen LogP contribution in [0.15, 0.2) is 12.7 Å². The maximum absolute atomic E-state index is 12.9. The second-order valence-corrected chi connectivity index (χ2v) is 6.15. The lowest BCUT2D eigenvalue weighted by Gasteiger charge is -2.40. The second-order valence-electron chi connectivity index (χ2n) is 6.15. The van der Waals surface area contributed by atoms with E-state index in [0.29, 0.717) is 25.9 Å². The zero-order valence-electron chi connectivity index (χ0n) is 11.3. The van der Waals surface area contributed by atoms with Crippen LogP contribution in [0.5, 0.6) is 0 Å². The van der Waals surface area contributed by atoms with Gasteiger partial charge in [-0.3, -0.25) is 14.3 Å². The number of fused-ring (bicyclic) bond motifs is 3. The molecule has 0 N–H and O–H groups in total. The largest absolute Gasteiger partial charge is 0.505 e. The average molecular weight is 262 g/mol. The molecule has 5 nitrogen and oxygen atoms in total. The van der Waals surface area contributed by atoms with Gasteiger partial charge in [-0.2, -0.15) is 0 Å². The number of ketones is 2. The quantitative estimate of drug-likeness (QED) is 0.558. The van der Waals surface area contributed by atoms with E-state index in [-0.39, 0.29) is 11.6 Å². The number of carbonyl (C=O) groups is 2. The fourth-order valence-electron chi connectivity index (χ4n) is 4.36. The molecule has 4 unspecified atom stereocenters. The lowest BCUT2D eigenvalue weighted by Crippen LogP contribution is -2.62. The molecule has 0 radical (unpaired) electrons. The maximum atomic E-state index is 12.9. The van der Waals surface area contributed by atoms with E-state index in [4.69, 9.17) is 4.74 Å². The highest BCUT2D eigenvalue weighted by atomic mass is 16.5. The van der Waals surface area contributed by atoms with E-state index in [1.54, 1.807) is 19.9 Å². The number of Topliss-reactive ketones (excluding diaryl/α,β-unsaturated/α-hetero) is 2. The van der Waals surface area contributed by atoms with Gasteiger partial charge in [-0.1, -0.05) is 6.08 Å². The Morgan fingerprint density at radius 1 is 1.53 bits per heavy atom. The van der Waals surface area contributed by atoms with Crippen molar-refractivity contribution in [3.05, 3.63) is 18.2 Å². The van der Waals surface area contributed by atoms with Gasteiger partial charge in [0.25, 0.3) is 0 Å². The molecule has 3 aliphatic heterocycles. The molecule has 0 saturated carbocycles. The van der Waals surface area contributed by atoms with Gasteiger partial charge >= 0.3 is 0 Å². The number of allylic oxidation sites excluding steroid dienone is 1. The van der Waals surface area contributed by atoms with Crippen molar-refractivity contribution in [1.29, 1.82) is 0 Å². The topological polar surface area (TPSA) is 68.7 Å². The van der Waals surface area contributed by atoms with Crippen molar-refractivity contribution >= 4 is 11.6 Å². The molecule has 4 atom stereocenters. The van der Waals surface area contributed by atoms with Gasteiger partial charge in [0.15, 0.2) is 6.10 Å². The summed E-state index contributed by atoms with van der Waals surface area (Å²) in [4.78, 5) is 25.6. The van der Waals surface area contributed by atoms with Crippen molar-refractivity contribution in [2.45, 2.75) is 50.3 Å². The van der Waals surface area contributed by atoms with Crippen molar-refractivity contribution in [2.24, 2.45) is 5.41 Å². The number of nitrogens with zero attached hydrogens (tertiary/aromatic N) is 2. The number of hydrogen-bond donors (Lipinski definition) is 0. The lowest BCUT2D eigenvalue weighted by atomic mass is 9.57. The molecule has 0 amide bonds. The zero-order chi connectivity index (χ0) is 14.1. The van der Waals surface area contributed by atoms with E-state index in [9.17, 15) is 15.1 Å². The van der Waals surface area contributed by atoms with Gasteiger partial charge in [0.05, 0.1) is 0 Å². The number of rotatable bonds is 2. The van der Waals surface area contributed by atoms with Crippen LogP contribution in [0.4, 0.5) is 0 Å². The summed E-state index contributed by atoms with van der Waals surface area (Å²) in [5, 5.41) is 0. The first-order valence-corrected chi connectivity index (χ1v) is 6.68. The van der Waals surface area contributed by atoms with E-state index < -0.39 is 22.6 Å². The van der Waals surface area contributed by atoms with Crippen molar-refractivity contribution in [1.82, 2.24) is 0 Å². The zero-order valence-corrected chi connectivity index (χ0v) is 11.3. The molecule has 3 saturated heterocycles. The Morgan fingerprint density at radius 3 is 2.84 bits per heavy atom. The fraction of sp³-hybridized carbons (Fsp3) is 0.714. The van der Waals surface area contributed by atoms with Gasteiger partial charge in [0, 0.05) is 20.5 Å². The lowest BCUT2D eigenvalue weighted by molar-refractivity contribution is -0.640. The molecule has 3 heterocycles. The summed E-state index contributed by atoms with van der Waals surface area (Å²) >= 11 is 0. The Labute approximate surface area is 112 Å². The monoisotopic (exact) mass is 262 g/mol. The SMILES string of the molecule is C=CCC12CCCOC3C(=O)C1(C)[N+](=[N-])C3(C)C2=O. The number of ether oxygens (including phenoxy) is 1. The summed E-state index contributed by atoms with van der Waals surface area (Å²) in [5.74, 6) is -0.271. The Kier molecular flexibility index (Phi) is 2.26. The van der Waals surface area contributed by atoms with Crippen molar-refractivity contribution < 1.29 is 19.0 Å². The average Bonchev–Trinajstić information content (AvgIpc) is 2.61. The Hall–Kier alpha value is -1.36. The highest BCUT2D eigenvalue weighted by Crippen LogP contribution is 2.61. The minimum Gasteiger partial charge on any atom is -0.505 e. The third-order valence-corrected chi connectivity index (χ3v) is 5.44. The van der Waals surface area contributed by atoms with Crippen LogP contribution < -0.4 is 0 Å². The first kappa shape index (κ1) is 12.7. The predicted octanol–water partition coefficient (Wildman–Crippen LogP) is 1.44. The third kappa shape index (κ3) is 1.00. The number of carbonyl (C=O) groups excluding carboxylic acids is 2. The summed E-state index contributed by atoms with van der Waals surface area (Å²) in [6.07, 6.45) is 2.48. The molecule has 3 bridgehead atoms. The van der Waals surface area contributed by atoms with Gasteiger partial charge in [-0.25, -0.2) is 0 Å². The molecule has 3 aliphatic rings. The summed E-state index contributed by atoms with van der Waals surface area (Å²) in [5.41, 5.74) is 7.17. The highest BCUT2D eigenvalue weighted by Gasteiger charge is 2.86. The van der Waals surface area contributed by atoms with Crippen molar-refractivity contribution in [3.8, 4) is 0 Å². The molecule has 0 aliphatic carbocycles. The Balaban J connectivity index is 2.31. The van der Waals surface area contributed by atoms with E-state index in [0.717, 1.165) is 4.70 Å². The molecule has 0 aromatic heterocycles. The molecule has 102 valence electrons. The summed E-state index contributed by atoms with van der Waals surface area (Å²) in [7, 11) is 0. The highest BCUT2D eigenvalue weighted by molar-refractivity contribution is 6.13. The first-order chi connectivity index (χ1) is 8.87. The first-order valence-electron chi connectivity index (χ1n) is 6.68. The molecule has 3 fully saturated rings. The Morgan fingerprint density at radius 2 is 2.21 bits per heavy atom. The molecule has 5 heteroatoms.